The third kappa shape index (κ3) is 3.04. The van der Waals surface area contributed by atoms with Crippen LogP contribution in [0.25, 0.3) is 15.8 Å². The number of ketones is 1. The number of tetrazole rings is 1. The molecule has 2 heterocycles. The lowest BCUT2D eigenvalue weighted by Gasteiger charge is -2.06. The lowest BCUT2D eigenvalue weighted by Crippen LogP contribution is -2.05. The van der Waals surface area contributed by atoms with Crippen LogP contribution in [-0.2, 0) is 0 Å². The number of carbonyl (C=O) groups is 1. The maximum atomic E-state index is 12.8. The SMILES string of the molecule is Cc1ccccc1-n1nnnc1SCC(=O)c1sc2ccccc2c1C. The van der Waals surface area contributed by atoms with Crippen molar-refractivity contribution in [1.29, 1.82) is 0 Å². The minimum absolute atomic E-state index is 0.105. The molecule has 130 valence electrons. The largest absolute Gasteiger partial charge is 0.292 e. The van der Waals surface area contributed by atoms with Crippen LogP contribution in [0.4, 0.5) is 0 Å². The number of thiophene rings is 1. The van der Waals surface area contributed by atoms with Gasteiger partial charge >= 0.3 is 0 Å². The van der Waals surface area contributed by atoms with E-state index in [0.717, 1.165) is 31.8 Å². The van der Waals surface area contributed by atoms with Gasteiger partial charge in [-0.05, 0) is 52.9 Å². The van der Waals surface area contributed by atoms with Gasteiger partial charge in [0.05, 0.1) is 16.3 Å². The summed E-state index contributed by atoms with van der Waals surface area (Å²) in [5.74, 6) is 0.410. The molecule has 0 aliphatic heterocycles. The summed E-state index contributed by atoms with van der Waals surface area (Å²) in [7, 11) is 0. The Morgan fingerprint density at radius 3 is 2.69 bits per heavy atom. The number of nitrogens with zero attached hydrogens (tertiary/aromatic N) is 4. The topological polar surface area (TPSA) is 60.7 Å². The summed E-state index contributed by atoms with van der Waals surface area (Å²) in [6.45, 7) is 4.02. The van der Waals surface area contributed by atoms with E-state index in [1.54, 1.807) is 16.0 Å². The molecule has 0 unspecified atom stereocenters. The highest BCUT2D eigenvalue weighted by atomic mass is 32.2. The quantitative estimate of drug-likeness (QED) is 0.378. The molecule has 0 saturated carbocycles. The number of aromatic nitrogens is 4. The van der Waals surface area contributed by atoms with E-state index in [1.807, 2.05) is 50.2 Å². The van der Waals surface area contributed by atoms with Crippen molar-refractivity contribution < 1.29 is 4.79 Å². The Balaban J connectivity index is 1.56. The molecule has 0 saturated heterocycles. The lowest BCUT2D eigenvalue weighted by atomic mass is 10.1. The number of hydrogen-bond donors (Lipinski definition) is 0. The van der Waals surface area contributed by atoms with Gasteiger partial charge in [0.1, 0.15) is 0 Å². The second-order valence-corrected chi connectivity index (χ2v) is 7.92. The molecule has 0 spiro atoms. The average molecular weight is 380 g/mol. The Hall–Kier alpha value is -2.51. The summed E-state index contributed by atoms with van der Waals surface area (Å²) >= 11 is 2.91. The summed E-state index contributed by atoms with van der Waals surface area (Å²) in [4.78, 5) is 13.6. The first-order valence-electron chi connectivity index (χ1n) is 8.13. The molecule has 0 atom stereocenters. The van der Waals surface area contributed by atoms with E-state index in [-0.39, 0.29) is 5.78 Å². The van der Waals surface area contributed by atoms with Gasteiger partial charge in [0, 0.05) is 4.70 Å². The molecule has 0 N–H and O–H groups in total. The van der Waals surface area contributed by atoms with Crippen LogP contribution in [-0.4, -0.2) is 31.7 Å². The van der Waals surface area contributed by atoms with Crippen molar-refractivity contribution in [3.05, 3.63) is 64.5 Å². The van der Waals surface area contributed by atoms with E-state index >= 15 is 0 Å². The van der Waals surface area contributed by atoms with Crippen LogP contribution in [0.2, 0.25) is 0 Å². The number of Topliss-reactive ketones (excluding diaryl/α,β-unsaturated/α-hetero) is 1. The smallest absolute Gasteiger partial charge is 0.214 e. The zero-order chi connectivity index (χ0) is 18.1. The number of fused-ring (bicyclic) bond motifs is 1. The number of thioether (sulfide) groups is 1. The van der Waals surface area contributed by atoms with Crippen molar-refractivity contribution in [2.75, 3.05) is 5.75 Å². The molecular formula is C19H16N4OS2. The van der Waals surface area contributed by atoms with Gasteiger partial charge in [0.2, 0.25) is 5.16 Å². The molecule has 2 aromatic heterocycles. The lowest BCUT2D eigenvalue weighted by molar-refractivity contribution is 0.102. The van der Waals surface area contributed by atoms with Gasteiger partial charge in [-0.1, -0.05) is 48.2 Å². The molecule has 0 bridgehead atoms. The number of hydrogen-bond acceptors (Lipinski definition) is 6. The third-order valence-electron chi connectivity index (χ3n) is 4.21. The minimum Gasteiger partial charge on any atom is -0.292 e. The molecule has 0 aliphatic carbocycles. The molecule has 0 amide bonds. The molecule has 4 rings (SSSR count). The average Bonchev–Trinajstić information content (AvgIpc) is 3.25. The first-order chi connectivity index (χ1) is 12.6. The van der Waals surface area contributed by atoms with E-state index in [2.05, 4.69) is 27.7 Å². The standard InChI is InChI=1S/C19H16N4OS2/c1-12-7-3-5-9-15(12)23-19(20-21-22-23)25-11-16(24)18-13(2)14-8-4-6-10-17(14)26-18/h3-10H,11H2,1-2H3. The van der Waals surface area contributed by atoms with E-state index < -0.39 is 0 Å². The Morgan fingerprint density at radius 1 is 1.12 bits per heavy atom. The number of aryl methyl sites for hydroxylation is 2. The van der Waals surface area contributed by atoms with Gasteiger partial charge < -0.3 is 0 Å². The van der Waals surface area contributed by atoms with Crippen LogP contribution in [0.1, 0.15) is 20.8 Å². The number of rotatable bonds is 5. The highest BCUT2D eigenvalue weighted by molar-refractivity contribution is 7.99. The molecular weight excluding hydrogens is 364 g/mol. The predicted octanol–water partition coefficient (Wildman–Crippen LogP) is 4.47. The third-order valence-corrected chi connectivity index (χ3v) is 6.45. The fourth-order valence-corrected chi connectivity index (χ4v) is 4.85. The Labute approximate surface area is 159 Å². The van der Waals surface area contributed by atoms with Gasteiger partial charge in [-0.15, -0.1) is 16.4 Å². The monoisotopic (exact) mass is 380 g/mol. The Kier molecular flexibility index (Phi) is 4.57. The summed E-state index contributed by atoms with van der Waals surface area (Å²) in [6, 6.07) is 16.0. The van der Waals surface area contributed by atoms with Gasteiger partial charge in [-0.2, -0.15) is 4.68 Å². The van der Waals surface area contributed by atoms with E-state index in [4.69, 9.17) is 0 Å². The Morgan fingerprint density at radius 2 is 1.88 bits per heavy atom. The molecule has 5 nitrogen and oxygen atoms in total. The van der Waals surface area contributed by atoms with Gasteiger partial charge in [-0.25, -0.2) is 0 Å². The molecule has 0 aliphatic rings. The normalized spacial score (nSPS) is 11.2. The van der Waals surface area contributed by atoms with Crippen LogP contribution in [0, 0.1) is 13.8 Å². The fraction of sp³-hybridized carbons (Fsp3) is 0.158. The van der Waals surface area contributed by atoms with Crippen molar-refractivity contribution in [3.8, 4) is 5.69 Å². The summed E-state index contributed by atoms with van der Waals surface area (Å²) < 4.78 is 2.83. The molecule has 0 fully saturated rings. The van der Waals surface area contributed by atoms with E-state index in [0.29, 0.717) is 10.9 Å². The van der Waals surface area contributed by atoms with Crippen molar-refractivity contribution in [1.82, 2.24) is 20.2 Å². The number of carbonyl (C=O) groups excluding carboxylic acids is 1. The summed E-state index contributed by atoms with van der Waals surface area (Å²) in [5.41, 5.74) is 3.05. The predicted molar refractivity (Wildman–Crippen MR) is 106 cm³/mol. The first-order valence-corrected chi connectivity index (χ1v) is 9.94. The molecule has 26 heavy (non-hydrogen) atoms. The van der Waals surface area contributed by atoms with Crippen molar-refractivity contribution in [3.63, 3.8) is 0 Å². The van der Waals surface area contributed by atoms with Gasteiger partial charge in [-0.3, -0.25) is 4.79 Å². The second kappa shape index (κ2) is 7.01. The zero-order valence-electron chi connectivity index (χ0n) is 14.3. The molecule has 2 aromatic carbocycles. The fourth-order valence-electron chi connectivity index (χ4n) is 2.86. The second-order valence-electron chi connectivity index (χ2n) is 5.92. The first kappa shape index (κ1) is 16.9. The van der Waals surface area contributed by atoms with Gasteiger partial charge in [0.15, 0.2) is 5.78 Å². The van der Waals surface area contributed by atoms with E-state index in [9.17, 15) is 4.79 Å². The van der Waals surface area contributed by atoms with Crippen LogP contribution in [0.15, 0.2) is 53.7 Å². The van der Waals surface area contributed by atoms with Crippen LogP contribution in [0.3, 0.4) is 0 Å². The summed E-state index contributed by atoms with van der Waals surface area (Å²) in [6.07, 6.45) is 0. The number of para-hydroxylation sites is 1. The van der Waals surface area contributed by atoms with Crippen molar-refractivity contribution >= 4 is 39.0 Å². The van der Waals surface area contributed by atoms with Gasteiger partial charge in [0.25, 0.3) is 0 Å². The highest BCUT2D eigenvalue weighted by Gasteiger charge is 2.18. The zero-order valence-corrected chi connectivity index (χ0v) is 16.0. The molecule has 4 aromatic rings. The molecule has 7 heteroatoms. The van der Waals surface area contributed by atoms with Crippen LogP contribution >= 0.6 is 23.1 Å². The van der Waals surface area contributed by atoms with Crippen molar-refractivity contribution in [2.24, 2.45) is 0 Å². The minimum atomic E-state index is 0.105. The molecule has 0 radical (unpaired) electrons. The summed E-state index contributed by atoms with van der Waals surface area (Å²) in [5, 5.41) is 13.7. The Bertz CT molecular complexity index is 1100. The van der Waals surface area contributed by atoms with E-state index in [1.165, 1.54) is 11.8 Å². The van der Waals surface area contributed by atoms with Crippen molar-refractivity contribution in [2.45, 2.75) is 19.0 Å². The maximum absolute atomic E-state index is 12.8. The van der Waals surface area contributed by atoms with Crippen LogP contribution < -0.4 is 0 Å². The number of benzene rings is 2. The maximum Gasteiger partial charge on any atom is 0.214 e. The van der Waals surface area contributed by atoms with Crippen LogP contribution in [0.5, 0.6) is 0 Å². The highest BCUT2D eigenvalue weighted by Crippen LogP contribution is 2.32.